The normalized spacial score (nSPS) is 18.8. The van der Waals surface area contributed by atoms with Crippen LogP contribution in [0.4, 0.5) is 5.69 Å². The number of aromatic nitrogens is 2. The van der Waals surface area contributed by atoms with Gasteiger partial charge in [0.15, 0.2) is 5.82 Å². The predicted molar refractivity (Wildman–Crippen MR) is 93.6 cm³/mol. The molecule has 0 unspecified atom stereocenters. The second-order valence-corrected chi connectivity index (χ2v) is 6.52. The van der Waals surface area contributed by atoms with Gasteiger partial charge in [0.25, 0.3) is 0 Å². The number of rotatable bonds is 6. The lowest BCUT2D eigenvalue weighted by molar-refractivity contribution is -0.122. The fraction of sp³-hybridized carbons (Fsp3) is 0.471. The number of carbonyl (C=O) groups excluding carboxylic acids is 1. The van der Waals surface area contributed by atoms with E-state index in [2.05, 4.69) is 17.1 Å². The summed E-state index contributed by atoms with van der Waals surface area (Å²) in [6.07, 6.45) is 0.608. The van der Waals surface area contributed by atoms with Crippen molar-refractivity contribution in [3.8, 4) is 0 Å². The van der Waals surface area contributed by atoms with Crippen LogP contribution in [0.25, 0.3) is 0 Å². The number of nitrogens with zero attached hydrogens (tertiary/aromatic N) is 4. The van der Waals surface area contributed by atoms with Crippen LogP contribution in [0.5, 0.6) is 0 Å². The maximum atomic E-state index is 12.6. The number of piperazine rings is 1. The van der Waals surface area contributed by atoms with Crippen molar-refractivity contribution in [2.24, 2.45) is 0 Å². The minimum absolute atomic E-state index is 0.0273. The number of carbonyl (C=O) groups is 1. The third-order valence-electron chi connectivity index (χ3n) is 4.21. The molecule has 2 aromatic rings. The van der Waals surface area contributed by atoms with E-state index in [9.17, 15) is 4.79 Å². The molecule has 0 saturated carbocycles. The molecule has 1 saturated heterocycles. The van der Waals surface area contributed by atoms with Gasteiger partial charge in [-0.1, -0.05) is 22.8 Å². The molecule has 1 atom stereocenters. The maximum absolute atomic E-state index is 12.6. The Labute approximate surface area is 151 Å². The first-order valence-electron chi connectivity index (χ1n) is 8.17. The first kappa shape index (κ1) is 17.8. The Bertz CT molecular complexity index is 736. The van der Waals surface area contributed by atoms with Crippen LogP contribution in [-0.2, 0) is 22.5 Å². The maximum Gasteiger partial charge on any atom is 0.241 e. The summed E-state index contributed by atoms with van der Waals surface area (Å²) in [7, 11) is 1.63. The Morgan fingerprint density at radius 2 is 2.28 bits per heavy atom. The topological polar surface area (TPSA) is 71.7 Å². The first-order valence-corrected chi connectivity index (χ1v) is 8.55. The summed E-state index contributed by atoms with van der Waals surface area (Å²) in [6, 6.07) is 7.51. The molecule has 134 valence electrons. The van der Waals surface area contributed by atoms with Crippen LogP contribution < -0.4 is 4.90 Å². The molecule has 1 aliphatic heterocycles. The van der Waals surface area contributed by atoms with E-state index in [1.807, 2.05) is 23.1 Å². The van der Waals surface area contributed by atoms with Crippen molar-refractivity contribution in [1.82, 2.24) is 15.0 Å². The summed E-state index contributed by atoms with van der Waals surface area (Å²) in [5, 5.41) is 4.55. The molecule has 8 heteroatoms. The van der Waals surface area contributed by atoms with Crippen molar-refractivity contribution in [2.45, 2.75) is 25.9 Å². The molecular formula is C17H21ClN4O3. The van der Waals surface area contributed by atoms with Crippen LogP contribution in [0.2, 0.25) is 5.02 Å². The van der Waals surface area contributed by atoms with E-state index in [1.165, 1.54) is 0 Å². The molecule has 2 heterocycles. The molecule has 1 aromatic carbocycles. The molecule has 7 nitrogen and oxygen atoms in total. The number of ether oxygens (including phenoxy) is 1. The lowest BCUT2D eigenvalue weighted by Crippen LogP contribution is -2.54. The molecule has 25 heavy (non-hydrogen) atoms. The number of methoxy groups -OCH3 is 1. The molecule has 1 aromatic heterocycles. The largest absolute Gasteiger partial charge is 0.384 e. The SMILES string of the molecule is COCCc1noc(CN2CC(=O)N(c3cccc(Cl)c3)C[C@H]2C)n1. The average Bonchev–Trinajstić information content (AvgIpc) is 3.03. The van der Waals surface area contributed by atoms with Gasteiger partial charge in [-0.05, 0) is 25.1 Å². The van der Waals surface area contributed by atoms with Crippen LogP contribution >= 0.6 is 11.6 Å². The molecule has 1 aliphatic rings. The predicted octanol–water partition coefficient (Wildman–Crippen LogP) is 2.15. The summed E-state index contributed by atoms with van der Waals surface area (Å²) >= 11 is 6.04. The zero-order valence-corrected chi connectivity index (χ0v) is 15.1. The van der Waals surface area contributed by atoms with Crippen molar-refractivity contribution in [3.05, 3.63) is 41.0 Å². The Kier molecular flexibility index (Phi) is 5.67. The fourth-order valence-corrected chi connectivity index (χ4v) is 3.01. The number of amides is 1. The number of halogens is 1. The quantitative estimate of drug-likeness (QED) is 0.782. The van der Waals surface area contributed by atoms with E-state index in [0.717, 1.165) is 5.69 Å². The van der Waals surface area contributed by atoms with Gasteiger partial charge in [0.1, 0.15) is 0 Å². The standard InChI is InChI=1S/C17H21ClN4O3/c1-12-9-22(14-5-3-4-13(18)8-14)17(23)11-21(12)10-16-19-15(20-25-16)6-7-24-2/h3-5,8,12H,6-7,9-11H2,1-2H3/t12-/m1/s1. The average molecular weight is 365 g/mol. The third kappa shape index (κ3) is 4.36. The lowest BCUT2D eigenvalue weighted by Gasteiger charge is -2.38. The van der Waals surface area contributed by atoms with E-state index in [1.54, 1.807) is 18.1 Å². The number of anilines is 1. The zero-order valence-electron chi connectivity index (χ0n) is 14.3. The van der Waals surface area contributed by atoms with Crippen molar-refractivity contribution in [1.29, 1.82) is 0 Å². The molecule has 0 aliphatic carbocycles. The smallest absolute Gasteiger partial charge is 0.241 e. The van der Waals surface area contributed by atoms with Gasteiger partial charge in [-0.2, -0.15) is 4.98 Å². The van der Waals surface area contributed by atoms with E-state index in [0.29, 0.717) is 49.4 Å². The van der Waals surface area contributed by atoms with Gasteiger partial charge in [0.05, 0.1) is 19.7 Å². The highest BCUT2D eigenvalue weighted by Crippen LogP contribution is 2.24. The molecule has 1 amide bonds. The molecule has 0 spiro atoms. The van der Waals surface area contributed by atoms with Gasteiger partial charge < -0.3 is 14.2 Å². The van der Waals surface area contributed by atoms with E-state index in [-0.39, 0.29) is 11.9 Å². The van der Waals surface area contributed by atoms with Gasteiger partial charge in [0.2, 0.25) is 11.8 Å². The van der Waals surface area contributed by atoms with Gasteiger partial charge in [-0.3, -0.25) is 9.69 Å². The molecule has 1 fully saturated rings. The highest BCUT2D eigenvalue weighted by molar-refractivity contribution is 6.30. The molecule has 0 radical (unpaired) electrons. The Hall–Kier alpha value is -1.96. The Balaban J connectivity index is 1.64. The van der Waals surface area contributed by atoms with Crippen molar-refractivity contribution >= 4 is 23.2 Å². The Morgan fingerprint density at radius 3 is 3.04 bits per heavy atom. The summed E-state index contributed by atoms with van der Waals surface area (Å²) < 4.78 is 10.3. The van der Waals surface area contributed by atoms with E-state index >= 15 is 0 Å². The van der Waals surface area contributed by atoms with Gasteiger partial charge in [-0.25, -0.2) is 0 Å². The van der Waals surface area contributed by atoms with Crippen LogP contribution in [0.1, 0.15) is 18.6 Å². The van der Waals surface area contributed by atoms with Crippen LogP contribution in [0, 0.1) is 0 Å². The second-order valence-electron chi connectivity index (χ2n) is 6.09. The minimum Gasteiger partial charge on any atom is -0.384 e. The van der Waals surface area contributed by atoms with Crippen molar-refractivity contribution in [2.75, 3.05) is 31.7 Å². The van der Waals surface area contributed by atoms with E-state index in [4.69, 9.17) is 20.9 Å². The Morgan fingerprint density at radius 1 is 1.44 bits per heavy atom. The summed E-state index contributed by atoms with van der Waals surface area (Å²) in [5.41, 5.74) is 0.823. The highest BCUT2D eigenvalue weighted by atomic mass is 35.5. The third-order valence-corrected chi connectivity index (χ3v) is 4.44. The molecule has 0 N–H and O–H groups in total. The van der Waals surface area contributed by atoms with Crippen molar-refractivity contribution in [3.63, 3.8) is 0 Å². The second kappa shape index (κ2) is 7.95. The summed E-state index contributed by atoms with van der Waals surface area (Å²) in [6.45, 7) is 3.96. The number of hydrogen-bond donors (Lipinski definition) is 0. The summed E-state index contributed by atoms with van der Waals surface area (Å²) in [4.78, 5) is 20.7. The summed E-state index contributed by atoms with van der Waals surface area (Å²) in [5.74, 6) is 1.16. The monoisotopic (exact) mass is 364 g/mol. The zero-order chi connectivity index (χ0) is 17.8. The van der Waals surface area contributed by atoms with Crippen LogP contribution in [0.3, 0.4) is 0 Å². The van der Waals surface area contributed by atoms with Gasteiger partial charge in [0, 0.05) is 36.8 Å². The molecular weight excluding hydrogens is 344 g/mol. The van der Waals surface area contributed by atoms with Crippen LogP contribution in [-0.4, -0.2) is 53.8 Å². The fourth-order valence-electron chi connectivity index (χ4n) is 2.82. The molecule has 0 bridgehead atoms. The van der Waals surface area contributed by atoms with E-state index < -0.39 is 0 Å². The van der Waals surface area contributed by atoms with Gasteiger partial charge >= 0.3 is 0 Å². The number of hydrogen-bond acceptors (Lipinski definition) is 6. The minimum atomic E-state index is 0.0273. The van der Waals surface area contributed by atoms with Crippen molar-refractivity contribution < 1.29 is 14.1 Å². The highest BCUT2D eigenvalue weighted by Gasteiger charge is 2.31. The molecule has 3 rings (SSSR count). The van der Waals surface area contributed by atoms with Gasteiger partial charge in [-0.15, -0.1) is 0 Å². The first-order chi connectivity index (χ1) is 12.1. The number of benzene rings is 1. The lowest BCUT2D eigenvalue weighted by atomic mass is 10.1. The van der Waals surface area contributed by atoms with Crippen LogP contribution in [0.15, 0.2) is 28.8 Å².